The molecule has 0 saturated heterocycles. The van der Waals surface area contributed by atoms with Gasteiger partial charge < -0.3 is 9.42 Å². The lowest BCUT2D eigenvalue weighted by atomic mass is 10.2. The molecule has 0 N–H and O–H groups in total. The molecule has 0 unspecified atom stereocenters. The highest BCUT2D eigenvalue weighted by Gasteiger charge is 2.20. The average Bonchev–Trinajstić information content (AvgIpc) is 3.38. The molecule has 0 amide bonds. The van der Waals surface area contributed by atoms with Gasteiger partial charge in [0.1, 0.15) is 10.6 Å². The van der Waals surface area contributed by atoms with E-state index < -0.39 is 0 Å². The third-order valence-corrected chi connectivity index (χ3v) is 6.15. The summed E-state index contributed by atoms with van der Waals surface area (Å²) in [5, 5.41) is 5.14. The summed E-state index contributed by atoms with van der Waals surface area (Å²) in [4.78, 5) is 26.7. The number of nitrogens with zero attached hydrogens (tertiary/aromatic N) is 7. The Bertz CT molecular complexity index is 1350. The van der Waals surface area contributed by atoms with Crippen molar-refractivity contribution in [2.45, 2.75) is 20.4 Å². The lowest BCUT2D eigenvalue weighted by molar-refractivity contribution is 0.378. The number of pyridine rings is 2. The number of hydrogen-bond acceptors (Lipinski definition) is 9. The van der Waals surface area contributed by atoms with Crippen molar-refractivity contribution in [3.8, 4) is 22.8 Å². The molecule has 0 aliphatic rings. The first kappa shape index (κ1) is 19.3. The van der Waals surface area contributed by atoms with Crippen molar-refractivity contribution in [2.75, 3.05) is 11.9 Å². The van der Waals surface area contributed by atoms with Gasteiger partial charge in [-0.15, -0.1) is 11.3 Å². The second kappa shape index (κ2) is 7.84. The summed E-state index contributed by atoms with van der Waals surface area (Å²) in [7, 11) is 1.97. The largest absolute Gasteiger partial charge is 0.350 e. The summed E-state index contributed by atoms with van der Waals surface area (Å²) in [6.45, 7) is 4.62. The maximum atomic E-state index is 5.49. The summed E-state index contributed by atoms with van der Waals surface area (Å²) in [5.41, 5.74) is 2.87. The molecule has 0 radical (unpaired) electrons. The summed E-state index contributed by atoms with van der Waals surface area (Å²) in [6.07, 6.45) is 6.94. The van der Waals surface area contributed by atoms with Gasteiger partial charge >= 0.3 is 0 Å². The van der Waals surface area contributed by atoms with Crippen molar-refractivity contribution in [1.82, 2.24) is 30.1 Å². The van der Waals surface area contributed by atoms with Gasteiger partial charge in [0.25, 0.3) is 0 Å². The summed E-state index contributed by atoms with van der Waals surface area (Å²) in [5.74, 6) is 2.49. The quantitative estimate of drug-likeness (QED) is 0.404. The van der Waals surface area contributed by atoms with Gasteiger partial charge in [-0.3, -0.25) is 9.97 Å². The fourth-order valence-electron chi connectivity index (χ4n) is 3.34. The van der Waals surface area contributed by atoms with E-state index in [9.17, 15) is 0 Å². The van der Waals surface area contributed by atoms with E-state index in [0.29, 0.717) is 24.1 Å². The fraction of sp³-hybridized carbons (Fsp3) is 0.182. The van der Waals surface area contributed by atoms with Crippen molar-refractivity contribution in [2.24, 2.45) is 0 Å². The van der Waals surface area contributed by atoms with Crippen LogP contribution >= 0.6 is 11.3 Å². The van der Waals surface area contributed by atoms with Crippen molar-refractivity contribution in [3.05, 3.63) is 65.4 Å². The summed E-state index contributed by atoms with van der Waals surface area (Å²) in [6, 6.07) is 7.59. The molecule has 0 bridgehead atoms. The van der Waals surface area contributed by atoms with Crippen LogP contribution in [0, 0.1) is 13.8 Å². The lowest BCUT2D eigenvalue weighted by Crippen LogP contribution is -2.19. The first-order chi connectivity index (χ1) is 15.1. The molecule has 5 aromatic rings. The Morgan fingerprint density at radius 1 is 0.935 bits per heavy atom. The van der Waals surface area contributed by atoms with E-state index in [1.165, 1.54) is 10.4 Å². The van der Waals surface area contributed by atoms with Crippen LogP contribution in [0.15, 0.2) is 53.6 Å². The van der Waals surface area contributed by atoms with Crippen LogP contribution in [0.2, 0.25) is 0 Å². The Morgan fingerprint density at radius 2 is 1.65 bits per heavy atom. The standard InChI is InChI=1S/C22H19N7OS/c1-13-14(2)31-22-18(13)21(26-19(27-22)15-6-4-8-23-10-15)29(3)12-17-25-20(28-30-17)16-7-5-9-24-11-16/h4-11H,12H2,1-3H3. The molecule has 9 heteroatoms. The van der Waals surface area contributed by atoms with E-state index in [2.05, 4.69) is 34.0 Å². The van der Waals surface area contributed by atoms with E-state index in [0.717, 1.165) is 27.2 Å². The molecule has 0 fully saturated rings. The van der Waals surface area contributed by atoms with Crippen LogP contribution in [0.1, 0.15) is 16.3 Å². The van der Waals surface area contributed by atoms with Crippen LogP contribution in [0.4, 0.5) is 5.82 Å². The maximum absolute atomic E-state index is 5.49. The van der Waals surface area contributed by atoms with E-state index in [1.807, 2.05) is 36.2 Å². The van der Waals surface area contributed by atoms with Gasteiger partial charge in [-0.05, 0) is 43.7 Å². The highest BCUT2D eigenvalue weighted by Crippen LogP contribution is 2.36. The third-order valence-electron chi connectivity index (χ3n) is 5.05. The predicted molar refractivity (Wildman–Crippen MR) is 120 cm³/mol. The van der Waals surface area contributed by atoms with Crippen LogP contribution in [-0.2, 0) is 6.54 Å². The molecule has 154 valence electrons. The van der Waals surface area contributed by atoms with Crippen LogP contribution < -0.4 is 4.90 Å². The Labute approximate surface area is 182 Å². The Hall–Kier alpha value is -3.72. The smallest absolute Gasteiger partial charge is 0.246 e. The number of aromatic nitrogens is 6. The zero-order valence-corrected chi connectivity index (χ0v) is 18.1. The van der Waals surface area contributed by atoms with Crippen molar-refractivity contribution in [1.29, 1.82) is 0 Å². The minimum atomic E-state index is 0.417. The first-order valence-electron chi connectivity index (χ1n) is 9.72. The summed E-state index contributed by atoms with van der Waals surface area (Å²) >= 11 is 1.67. The monoisotopic (exact) mass is 429 g/mol. The molecule has 8 nitrogen and oxygen atoms in total. The summed E-state index contributed by atoms with van der Waals surface area (Å²) < 4.78 is 5.49. The first-order valence-corrected chi connectivity index (χ1v) is 10.5. The number of fused-ring (bicyclic) bond motifs is 1. The third kappa shape index (κ3) is 3.64. The van der Waals surface area contributed by atoms with Gasteiger partial charge in [0.15, 0.2) is 5.82 Å². The molecule has 0 aliphatic heterocycles. The molecular formula is C22H19N7OS. The zero-order chi connectivity index (χ0) is 21.4. The fourth-order valence-corrected chi connectivity index (χ4v) is 4.36. The number of aryl methyl sites for hydroxylation is 2. The van der Waals surface area contributed by atoms with E-state index in [1.54, 1.807) is 36.1 Å². The number of rotatable bonds is 5. The molecule has 0 aliphatic carbocycles. The minimum Gasteiger partial charge on any atom is -0.350 e. The molecule has 0 spiro atoms. The molecule has 5 heterocycles. The minimum absolute atomic E-state index is 0.417. The maximum Gasteiger partial charge on any atom is 0.246 e. The van der Waals surface area contributed by atoms with Crippen molar-refractivity contribution in [3.63, 3.8) is 0 Å². The SMILES string of the molecule is Cc1sc2nc(-c3cccnc3)nc(N(C)Cc3nc(-c4cccnc4)no3)c2c1C. The number of thiophene rings is 1. The Kier molecular flexibility index (Phi) is 4.87. The van der Waals surface area contributed by atoms with E-state index in [-0.39, 0.29) is 0 Å². The Balaban J connectivity index is 1.53. The highest BCUT2D eigenvalue weighted by atomic mass is 32.1. The molecule has 0 atom stereocenters. The normalized spacial score (nSPS) is 11.2. The van der Waals surface area contributed by atoms with Crippen LogP contribution in [-0.4, -0.2) is 37.1 Å². The van der Waals surface area contributed by atoms with Crippen LogP contribution in [0.25, 0.3) is 33.0 Å². The number of anilines is 1. The molecule has 0 saturated carbocycles. The van der Waals surface area contributed by atoms with Crippen molar-refractivity contribution >= 4 is 27.4 Å². The molecular weight excluding hydrogens is 410 g/mol. The van der Waals surface area contributed by atoms with Gasteiger partial charge in [-0.1, -0.05) is 5.16 Å². The van der Waals surface area contributed by atoms with Gasteiger partial charge in [0, 0.05) is 47.8 Å². The van der Waals surface area contributed by atoms with Crippen LogP contribution in [0.3, 0.4) is 0 Å². The lowest BCUT2D eigenvalue weighted by Gasteiger charge is -2.18. The molecule has 5 rings (SSSR count). The Morgan fingerprint density at radius 3 is 2.32 bits per heavy atom. The van der Waals surface area contributed by atoms with Crippen LogP contribution in [0.5, 0.6) is 0 Å². The van der Waals surface area contributed by atoms with Gasteiger partial charge in [0.05, 0.1) is 11.9 Å². The van der Waals surface area contributed by atoms with Crippen molar-refractivity contribution < 1.29 is 4.52 Å². The van der Waals surface area contributed by atoms with Gasteiger partial charge in [0.2, 0.25) is 11.7 Å². The highest BCUT2D eigenvalue weighted by molar-refractivity contribution is 7.18. The predicted octanol–water partition coefficient (Wildman–Crippen LogP) is 4.45. The van der Waals surface area contributed by atoms with Gasteiger partial charge in [-0.25, -0.2) is 9.97 Å². The second-order valence-corrected chi connectivity index (χ2v) is 8.39. The molecule has 31 heavy (non-hydrogen) atoms. The second-order valence-electron chi connectivity index (χ2n) is 7.19. The zero-order valence-electron chi connectivity index (χ0n) is 17.3. The average molecular weight is 430 g/mol. The topological polar surface area (TPSA) is 93.7 Å². The van der Waals surface area contributed by atoms with E-state index in [4.69, 9.17) is 14.5 Å². The van der Waals surface area contributed by atoms with E-state index >= 15 is 0 Å². The number of hydrogen-bond donors (Lipinski definition) is 0. The molecule has 0 aromatic carbocycles. The van der Waals surface area contributed by atoms with Gasteiger partial charge in [-0.2, -0.15) is 4.98 Å². The molecule has 5 aromatic heterocycles.